The smallest absolute Gasteiger partial charge is 0.416 e. The zero-order valence-corrected chi connectivity index (χ0v) is 18.7. The lowest BCUT2D eigenvalue weighted by atomic mass is 10.0. The van der Waals surface area contributed by atoms with Gasteiger partial charge in [0.15, 0.2) is 0 Å². The fourth-order valence-corrected chi connectivity index (χ4v) is 4.43. The summed E-state index contributed by atoms with van der Waals surface area (Å²) in [5, 5.41) is 0.906. The van der Waals surface area contributed by atoms with Gasteiger partial charge in [-0.25, -0.2) is 9.78 Å². The standard InChI is InChI=1S/C25H21F3N4O3/c1-35-24(34)21-17(16-4-2-3-5-19(16)29-21)12-32-11-10-20-18(13-32)23(33)31-22(30-20)14-6-8-15(9-7-14)25(26,27)28/h2-9,29H,10-13H2,1H3,(H,30,31,33). The van der Waals surface area contributed by atoms with Crippen LogP contribution in [0.3, 0.4) is 0 Å². The number of hydrogen-bond donors (Lipinski definition) is 2. The Morgan fingerprint density at radius 3 is 2.57 bits per heavy atom. The second-order valence-electron chi connectivity index (χ2n) is 8.39. The Hall–Kier alpha value is -3.92. The van der Waals surface area contributed by atoms with Crippen LogP contribution in [-0.2, 0) is 30.4 Å². The summed E-state index contributed by atoms with van der Waals surface area (Å²) in [6.45, 7) is 1.34. The summed E-state index contributed by atoms with van der Waals surface area (Å²) in [6, 6.07) is 12.1. The van der Waals surface area contributed by atoms with Gasteiger partial charge in [0.2, 0.25) is 0 Å². The fourth-order valence-electron chi connectivity index (χ4n) is 4.43. The molecule has 180 valence electrons. The van der Waals surface area contributed by atoms with Crippen LogP contribution in [0.25, 0.3) is 22.3 Å². The van der Waals surface area contributed by atoms with Gasteiger partial charge in [-0.05, 0) is 18.2 Å². The number of H-pyrrole nitrogens is 2. The third kappa shape index (κ3) is 4.32. The molecule has 0 radical (unpaired) electrons. The molecule has 0 aliphatic carbocycles. The fraction of sp³-hybridized carbons (Fsp3) is 0.240. The Bertz CT molecular complexity index is 1470. The number of benzene rings is 2. The van der Waals surface area contributed by atoms with Crippen LogP contribution in [0.15, 0.2) is 53.3 Å². The number of esters is 1. The van der Waals surface area contributed by atoms with Crippen molar-refractivity contribution in [1.82, 2.24) is 19.9 Å². The van der Waals surface area contributed by atoms with Crippen LogP contribution in [0.2, 0.25) is 0 Å². The Morgan fingerprint density at radius 1 is 1.11 bits per heavy atom. The number of halogens is 3. The zero-order chi connectivity index (χ0) is 24.7. The summed E-state index contributed by atoms with van der Waals surface area (Å²) in [4.78, 5) is 37.6. The van der Waals surface area contributed by atoms with Gasteiger partial charge in [-0.2, -0.15) is 13.2 Å². The van der Waals surface area contributed by atoms with Gasteiger partial charge in [0, 0.05) is 48.1 Å². The molecule has 0 saturated carbocycles. The maximum Gasteiger partial charge on any atom is 0.416 e. The number of para-hydroxylation sites is 1. The molecule has 2 N–H and O–H groups in total. The Kier molecular flexibility index (Phi) is 5.68. The van der Waals surface area contributed by atoms with Crippen LogP contribution in [0.1, 0.15) is 32.9 Å². The molecule has 2 aromatic carbocycles. The van der Waals surface area contributed by atoms with Crippen LogP contribution in [0.5, 0.6) is 0 Å². The van der Waals surface area contributed by atoms with Gasteiger partial charge in [-0.1, -0.05) is 30.3 Å². The number of nitrogens with one attached hydrogen (secondary N) is 2. The van der Waals surface area contributed by atoms with Gasteiger partial charge in [0.1, 0.15) is 11.5 Å². The van der Waals surface area contributed by atoms with Crippen LogP contribution < -0.4 is 5.56 Å². The molecule has 1 aliphatic rings. The molecule has 0 atom stereocenters. The molecule has 0 spiro atoms. The van der Waals surface area contributed by atoms with E-state index in [2.05, 4.69) is 19.9 Å². The van der Waals surface area contributed by atoms with Gasteiger partial charge in [-0.15, -0.1) is 0 Å². The lowest BCUT2D eigenvalue weighted by Crippen LogP contribution is -2.35. The highest BCUT2D eigenvalue weighted by Crippen LogP contribution is 2.31. The number of carbonyl (C=O) groups is 1. The minimum atomic E-state index is -4.43. The van der Waals surface area contributed by atoms with Gasteiger partial charge < -0.3 is 14.7 Å². The van der Waals surface area contributed by atoms with E-state index in [4.69, 9.17) is 4.74 Å². The topological polar surface area (TPSA) is 91.1 Å². The van der Waals surface area contributed by atoms with Crippen molar-refractivity contribution in [3.05, 3.63) is 87.0 Å². The van der Waals surface area contributed by atoms with E-state index in [1.54, 1.807) is 0 Å². The van der Waals surface area contributed by atoms with Gasteiger partial charge in [0.05, 0.1) is 23.9 Å². The van der Waals surface area contributed by atoms with Crippen LogP contribution in [0.4, 0.5) is 13.2 Å². The summed E-state index contributed by atoms with van der Waals surface area (Å²) in [5.41, 5.74) is 2.43. The highest BCUT2D eigenvalue weighted by Gasteiger charge is 2.30. The lowest BCUT2D eigenvalue weighted by molar-refractivity contribution is -0.137. The first kappa shape index (κ1) is 22.9. The Morgan fingerprint density at radius 2 is 1.86 bits per heavy atom. The van der Waals surface area contributed by atoms with Crippen molar-refractivity contribution >= 4 is 16.9 Å². The Labute approximate surface area is 197 Å². The molecular weight excluding hydrogens is 461 g/mol. The predicted octanol–water partition coefficient (Wildman–Crippen LogP) is 4.28. The van der Waals surface area contributed by atoms with Crippen molar-refractivity contribution < 1.29 is 22.7 Å². The summed E-state index contributed by atoms with van der Waals surface area (Å²) in [5.74, 6) is -0.227. The molecule has 0 unspecified atom stereocenters. The van der Waals surface area contributed by atoms with Crippen molar-refractivity contribution in [2.45, 2.75) is 25.7 Å². The predicted molar refractivity (Wildman–Crippen MR) is 123 cm³/mol. The van der Waals surface area contributed by atoms with Gasteiger partial charge in [0.25, 0.3) is 5.56 Å². The zero-order valence-electron chi connectivity index (χ0n) is 18.7. The summed E-state index contributed by atoms with van der Waals surface area (Å²) in [6.07, 6.45) is -3.94. The SMILES string of the molecule is COC(=O)c1[nH]c2ccccc2c1CN1CCc2nc(-c3ccc(C(F)(F)F)cc3)[nH]c(=O)c2C1. The number of hydrogen-bond acceptors (Lipinski definition) is 5. The largest absolute Gasteiger partial charge is 0.464 e. The van der Waals surface area contributed by atoms with Crippen LogP contribution in [-0.4, -0.2) is 39.5 Å². The number of carbonyl (C=O) groups excluding carboxylic acids is 1. The molecule has 7 nitrogen and oxygen atoms in total. The average Bonchev–Trinajstić information content (AvgIpc) is 3.21. The molecule has 35 heavy (non-hydrogen) atoms. The minimum Gasteiger partial charge on any atom is -0.464 e. The quantitative estimate of drug-likeness (QED) is 0.424. The van der Waals surface area contributed by atoms with Crippen molar-refractivity contribution in [1.29, 1.82) is 0 Å². The second-order valence-corrected chi connectivity index (χ2v) is 8.39. The molecule has 3 heterocycles. The number of ether oxygens (including phenoxy) is 1. The molecule has 0 fully saturated rings. The van der Waals surface area contributed by atoms with Crippen molar-refractivity contribution in [3.63, 3.8) is 0 Å². The molecule has 0 saturated heterocycles. The number of rotatable bonds is 4. The number of nitrogens with zero attached hydrogens (tertiary/aromatic N) is 2. The van der Waals surface area contributed by atoms with E-state index in [-0.39, 0.29) is 11.4 Å². The summed E-state index contributed by atoms with van der Waals surface area (Å²) in [7, 11) is 1.33. The monoisotopic (exact) mass is 482 g/mol. The lowest BCUT2D eigenvalue weighted by Gasteiger charge is -2.28. The number of methoxy groups -OCH3 is 1. The normalized spacial score (nSPS) is 14.2. The molecule has 0 bridgehead atoms. The van der Waals surface area contributed by atoms with Crippen LogP contribution in [0, 0.1) is 0 Å². The number of aromatic nitrogens is 3. The van der Waals surface area contributed by atoms with Crippen molar-refractivity contribution in [2.24, 2.45) is 0 Å². The first-order valence-electron chi connectivity index (χ1n) is 10.9. The third-order valence-electron chi connectivity index (χ3n) is 6.22. The van der Waals surface area contributed by atoms with E-state index < -0.39 is 17.7 Å². The number of fused-ring (bicyclic) bond motifs is 2. The van der Waals surface area contributed by atoms with E-state index in [1.165, 1.54) is 19.2 Å². The minimum absolute atomic E-state index is 0.237. The summed E-state index contributed by atoms with van der Waals surface area (Å²) < 4.78 is 43.5. The highest BCUT2D eigenvalue weighted by molar-refractivity contribution is 5.98. The molecule has 10 heteroatoms. The molecule has 1 aliphatic heterocycles. The van der Waals surface area contributed by atoms with Crippen molar-refractivity contribution in [2.75, 3.05) is 13.7 Å². The van der Waals surface area contributed by atoms with E-state index in [1.807, 2.05) is 24.3 Å². The first-order chi connectivity index (χ1) is 16.7. The van der Waals surface area contributed by atoms with E-state index in [9.17, 15) is 22.8 Å². The highest BCUT2D eigenvalue weighted by atomic mass is 19.4. The van der Waals surface area contributed by atoms with Crippen molar-refractivity contribution in [3.8, 4) is 11.4 Å². The molecular formula is C25H21F3N4O3. The van der Waals surface area contributed by atoms with Gasteiger partial charge >= 0.3 is 12.1 Å². The maximum absolute atomic E-state index is 12.9. The van der Waals surface area contributed by atoms with E-state index in [0.29, 0.717) is 48.6 Å². The van der Waals surface area contributed by atoms with E-state index in [0.717, 1.165) is 28.6 Å². The molecule has 0 amide bonds. The molecule has 2 aromatic heterocycles. The van der Waals surface area contributed by atoms with E-state index >= 15 is 0 Å². The second kappa shape index (κ2) is 8.70. The third-order valence-corrected chi connectivity index (χ3v) is 6.22. The Balaban J connectivity index is 1.42. The number of aromatic amines is 2. The molecule has 5 rings (SSSR count). The van der Waals surface area contributed by atoms with Gasteiger partial charge in [-0.3, -0.25) is 9.69 Å². The maximum atomic E-state index is 12.9. The van der Waals surface area contributed by atoms with Crippen LogP contribution >= 0.6 is 0 Å². The molecule has 4 aromatic rings. The first-order valence-corrected chi connectivity index (χ1v) is 10.9. The number of alkyl halides is 3. The summed E-state index contributed by atoms with van der Waals surface area (Å²) >= 11 is 0. The average molecular weight is 482 g/mol.